The number of tetrazole rings is 1. The Balaban J connectivity index is 1.69. The van der Waals surface area contributed by atoms with Gasteiger partial charge in [-0.1, -0.05) is 129 Å². The third-order valence-electron chi connectivity index (χ3n) is 7.27. The number of nitrogens with one attached hydrogen (secondary N) is 2. The number of para-hydroxylation sites is 2. The van der Waals surface area contributed by atoms with Crippen LogP contribution in [0.1, 0.15) is 128 Å². The smallest absolute Gasteiger partial charge is 0.280 e. The zero-order valence-electron chi connectivity index (χ0n) is 25.7. The van der Waals surface area contributed by atoms with E-state index >= 15 is 0 Å². The van der Waals surface area contributed by atoms with Gasteiger partial charge in [-0.3, -0.25) is 10.2 Å². The Kier molecular flexibility index (Phi) is 13.5. The molecule has 1 aromatic heterocycles. The van der Waals surface area contributed by atoms with E-state index in [1.54, 1.807) is 4.80 Å². The molecule has 0 aliphatic heterocycles. The van der Waals surface area contributed by atoms with Gasteiger partial charge in [-0.25, -0.2) is 0 Å². The van der Waals surface area contributed by atoms with Gasteiger partial charge in [0.15, 0.2) is 5.71 Å². The third kappa shape index (κ3) is 10.4. The Morgan fingerprint density at radius 2 is 1.39 bits per heavy atom. The molecule has 0 saturated carbocycles. The minimum Gasteiger partial charge on any atom is -0.320 e. The number of hydrazone groups is 1. The minimum atomic E-state index is -0.373. The van der Waals surface area contributed by atoms with Crippen LogP contribution in [0.3, 0.4) is 0 Å². The maximum Gasteiger partial charge on any atom is 0.280 e. The molecule has 0 fully saturated rings. The second kappa shape index (κ2) is 17.3. The molecule has 0 aliphatic rings. The Morgan fingerprint density at radius 1 is 0.805 bits per heavy atom. The molecule has 3 rings (SSSR count). The highest BCUT2D eigenvalue weighted by molar-refractivity contribution is 6.48. The van der Waals surface area contributed by atoms with E-state index < -0.39 is 0 Å². The van der Waals surface area contributed by atoms with E-state index in [9.17, 15) is 4.79 Å². The summed E-state index contributed by atoms with van der Waals surface area (Å²) in [7, 11) is 0. The molecule has 0 radical (unpaired) electrons. The van der Waals surface area contributed by atoms with Crippen LogP contribution in [0.2, 0.25) is 0 Å². The van der Waals surface area contributed by atoms with Crippen molar-refractivity contribution in [1.29, 1.82) is 0 Å². The summed E-state index contributed by atoms with van der Waals surface area (Å²) in [6, 6.07) is 15.7. The summed E-state index contributed by atoms with van der Waals surface area (Å²) >= 11 is 0. The van der Waals surface area contributed by atoms with Crippen molar-refractivity contribution in [2.45, 2.75) is 117 Å². The summed E-state index contributed by atoms with van der Waals surface area (Å²) < 4.78 is 0. The number of carbonyl (C=O) groups is 1. The largest absolute Gasteiger partial charge is 0.320 e. The molecule has 3 aromatic rings. The predicted molar refractivity (Wildman–Crippen MR) is 170 cm³/mol. The van der Waals surface area contributed by atoms with Gasteiger partial charge in [-0.05, 0) is 46.7 Å². The van der Waals surface area contributed by atoms with Crippen LogP contribution in [-0.4, -0.2) is 31.8 Å². The van der Waals surface area contributed by atoms with Crippen molar-refractivity contribution in [3.8, 4) is 0 Å². The first-order valence-electron chi connectivity index (χ1n) is 15.5. The zero-order chi connectivity index (χ0) is 29.5. The van der Waals surface area contributed by atoms with Crippen molar-refractivity contribution in [3.63, 3.8) is 0 Å². The first-order chi connectivity index (χ1) is 19.9. The van der Waals surface area contributed by atoms with Crippen molar-refractivity contribution in [3.05, 3.63) is 65.5 Å². The van der Waals surface area contributed by atoms with Gasteiger partial charge in [-0.2, -0.15) is 9.90 Å². The van der Waals surface area contributed by atoms with Crippen LogP contribution in [0.4, 0.5) is 11.4 Å². The molecule has 0 spiro atoms. The van der Waals surface area contributed by atoms with Crippen molar-refractivity contribution in [2.24, 2.45) is 5.10 Å². The number of hydrogen-bond donors (Lipinski definition) is 2. The van der Waals surface area contributed by atoms with Gasteiger partial charge in [-0.15, -0.1) is 10.2 Å². The molecule has 8 heteroatoms. The van der Waals surface area contributed by atoms with Gasteiger partial charge >= 0.3 is 0 Å². The molecule has 222 valence electrons. The van der Waals surface area contributed by atoms with Crippen LogP contribution in [0.5, 0.6) is 0 Å². The van der Waals surface area contributed by atoms with Gasteiger partial charge in [0, 0.05) is 5.69 Å². The van der Waals surface area contributed by atoms with Gasteiger partial charge in [0.2, 0.25) is 5.82 Å². The van der Waals surface area contributed by atoms with Crippen LogP contribution < -0.4 is 10.7 Å². The van der Waals surface area contributed by atoms with E-state index in [-0.39, 0.29) is 29.3 Å². The highest BCUT2D eigenvalue weighted by atomic mass is 16.2. The highest BCUT2D eigenvalue weighted by Gasteiger charge is 2.23. The Labute approximate surface area is 246 Å². The Hall–Kier alpha value is -3.55. The van der Waals surface area contributed by atoms with E-state index in [4.69, 9.17) is 0 Å². The first-order valence-corrected chi connectivity index (χ1v) is 15.5. The average molecular weight is 560 g/mol. The Morgan fingerprint density at radius 3 is 1.98 bits per heavy atom. The number of benzene rings is 2. The standard InChI is InChI=1S/C33H49N7O/c1-6-7-8-9-10-11-12-13-14-18-24-40-38-32(37-39-40)31(36-35-27-20-16-15-17-21-27)33(41)34-30-28(25(2)3)22-19-23-29(30)26(4)5/h15-17,19-23,25-26,35H,6-14,18,24H2,1-5H3,(H,34,41). The quantitative estimate of drug-likeness (QED) is 0.0928. The van der Waals surface area contributed by atoms with Crippen molar-refractivity contribution in [2.75, 3.05) is 10.7 Å². The lowest BCUT2D eigenvalue weighted by molar-refractivity contribution is -0.110. The number of unbranched alkanes of at least 4 members (excludes halogenated alkanes) is 9. The summed E-state index contributed by atoms with van der Waals surface area (Å²) in [5.41, 5.74) is 6.84. The van der Waals surface area contributed by atoms with Crippen LogP contribution in [0.15, 0.2) is 53.6 Å². The molecular weight excluding hydrogens is 510 g/mol. The summed E-state index contributed by atoms with van der Waals surface area (Å²) in [6.45, 7) is 11.4. The lowest BCUT2D eigenvalue weighted by Gasteiger charge is -2.20. The van der Waals surface area contributed by atoms with Crippen molar-refractivity contribution < 1.29 is 4.79 Å². The Bertz CT molecular complexity index is 1190. The molecule has 1 amide bonds. The summed E-state index contributed by atoms with van der Waals surface area (Å²) in [6.07, 6.45) is 12.6. The predicted octanol–water partition coefficient (Wildman–Crippen LogP) is 8.30. The van der Waals surface area contributed by atoms with Gasteiger partial charge in [0.25, 0.3) is 5.91 Å². The van der Waals surface area contributed by atoms with Gasteiger partial charge in [0.05, 0.1) is 12.2 Å². The molecule has 8 nitrogen and oxygen atoms in total. The number of anilines is 2. The molecule has 1 heterocycles. The molecule has 41 heavy (non-hydrogen) atoms. The molecular formula is C33H49N7O. The van der Waals surface area contributed by atoms with E-state index in [1.807, 2.05) is 36.4 Å². The lowest BCUT2D eigenvalue weighted by Crippen LogP contribution is -2.27. The normalized spacial score (nSPS) is 11.8. The van der Waals surface area contributed by atoms with Crippen molar-refractivity contribution >= 4 is 23.0 Å². The van der Waals surface area contributed by atoms with E-state index in [2.05, 4.69) is 78.0 Å². The molecule has 2 N–H and O–H groups in total. The number of aromatic nitrogens is 4. The number of rotatable bonds is 18. The fraction of sp³-hybridized carbons (Fsp3) is 0.545. The van der Waals surface area contributed by atoms with Crippen LogP contribution in [0.25, 0.3) is 0 Å². The third-order valence-corrected chi connectivity index (χ3v) is 7.27. The SMILES string of the molecule is CCCCCCCCCCCCn1nnc(C(=NNc2ccccc2)C(=O)Nc2c(C(C)C)cccc2C(C)C)n1. The number of carbonyl (C=O) groups excluding carboxylic acids is 1. The van der Waals surface area contributed by atoms with E-state index in [1.165, 1.54) is 51.4 Å². The second-order valence-corrected chi connectivity index (χ2v) is 11.4. The first kappa shape index (κ1) is 32.0. The topological polar surface area (TPSA) is 97.1 Å². The van der Waals surface area contributed by atoms with Crippen LogP contribution >= 0.6 is 0 Å². The lowest BCUT2D eigenvalue weighted by atomic mass is 9.92. The number of amides is 1. The zero-order valence-corrected chi connectivity index (χ0v) is 25.7. The summed E-state index contributed by atoms with van der Waals surface area (Å²) in [5, 5.41) is 20.6. The monoisotopic (exact) mass is 559 g/mol. The highest BCUT2D eigenvalue weighted by Crippen LogP contribution is 2.32. The van der Waals surface area contributed by atoms with Crippen LogP contribution in [0, 0.1) is 0 Å². The number of hydrogen-bond acceptors (Lipinski definition) is 6. The minimum absolute atomic E-state index is 0.0939. The van der Waals surface area contributed by atoms with Crippen molar-refractivity contribution in [1.82, 2.24) is 20.2 Å². The molecule has 0 bridgehead atoms. The van der Waals surface area contributed by atoms with Gasteiger partial charge < -0.3 is 5.32 Å². The van der Waals surface area contributed by atoms with Crippen LogP contribution in [-0.2, 0) is 11.3 Å². The molecule has 2 aromatic carbocycles. The fourth-order valence-electron chi connectivity index (χ4n) is 4.88. The van der Waals surface area contributed by atoms with Gasteiger partial charge in [0.1, 0.15) is 0 Å². The van der Waals surface area contributed by atoms with E-state index in [0.29, 0.717) is 6.54 Å². The second-order valence-electron chi connectivity index (χ2n) is 11.4. The molecule has 0 aliphatic carbocycles. The summed E-state index contributed by atoms with van der Waals surface area (Å²) in [5.74, 6) is 0.312. The molecule has 0 atom stereocenters. The maximum absolute atomic E-state index is 13.7. The fourth-order valence-corrected chi connectivity index (χ4v) is 4.88. The number of nitrogens with zero attached hydrogens (tertiary/aromatic N) is 5. The van der Waals surface area contributed by atoms with E-state index in [0.717, 1.165) is 35.3 Å². The molecule has 0 unspecified atom stereocenters. The summed E-state index contributed by atoms with van der Waals surface area (Å²) in [4.78, 5) is 15.3. The molecule has 0 saturated heterocycles. The average Bonchev–Trinajstić information content (AvgIpc) is 3.43. The maximum atomic E-state index is 13.7. The number of aryl methyl sites for hydroxylation is 1.